The van der Waals surface area contributed by atoms with E-state index in [-0.39, 0.29) is 0 Å². The maximum absolute atomic E-state index is 11.0. The molecule has 1 fully saturated rings. The number of hydrogen-bond donors (Lipinski definition) is 3. The van der Waals surface area contributed by atoms with Crippen LogP contribution in [0.2, 0.25) is 0 Å². The topological polar surface area (TPSA) is 96.2 Å². The lowest BCUT2D eigenvalue weighted by Gasteiger charge is -2.38. The highest BCUT2D eigenvalue weighted by atomic mass is 16.7. The van der Waals surface area contributed by atoms with Crippen molar-refractivity contribution in [2.45, 2.75) is 51.5 Å². The number of hydrogen-bond acceptors (Lipinski definition) is 6. The van der Waals surface area contributed by atoms with Gasteiger partial charge in [-0.2, -0.15) is 0 Å². The maximum Gasteiger partial charge on any atom is 0.186 e. The molecule has 0 radical (unpaired) electrons. The third-order valence-electron chi connectivity index (χ3n) is 2.20. The van der Waals surface area contributed by atoms with Crippen molar-refractivity contribution in [2.75, 3.05) is 7.11 Å². The van der Waals surface area contributed by atoms with Crippen LogP contribution in [-0.2, 0) is 14.3 Å². The first-order valence-electron chi connectivity index (χ1n) is 5.22. The van der Waals surface area contributed by atoms with Crippen molar-refractivity contribution in [1.82, 2.24) is 0 Å². The number of carbonyl (C=O) groups excluding carboxylic acids is 1. The second kappa shape index (κ2) is 6.93. The van der Waals surface area contributed by atoms with Gasteiger partial charge in [-0.3, -0.25) is 4.79 Å². The molecule has 1 aliphatic rings. The predicted molar refractivity (Wildman–Crippen MR) is 55.7 cm³/mol. The third-order valence-corrected chi connectivity index (χ3v) is 2.20. The molecule has 0 aromatic heterocycles. The van der Waals surface area contributed by atoms with Gasteiger partial charge in [0.05, 0.1) is 0 Å². The number of ketones is 1. The number of carbonyl (C=O) groups is 1. The molecular formula is C10H20O6. The Morgan fingerprint density at radius 2 is 1.62 bits per heavy atom. The summed E-state index contributed by atoms with van der Waals surface area (Å²) in [7, 11) is 1.27. The Balaban J connectivity index is 0.00000106. The van der Waals surface area contributed by atoms with E-state index in [2.05, 4.69) is 0 Å². The van der Waals surface area contributed by atoms with Gasteiger partial charge in [0.15, 0.2) is 12.1 Å². The molecule has 0 aliphatic carbocycles. The van der Waals surface area contributed by atoms with Gasteiger partial charge in [-0.25, -0.2) is 0 Å². The molecule has 6 nitrogen and oxygen atoms in total. The lowest BCUT2D eigenvalue weighted by atomic mass is 9.97. The molecule has 16 heavy (non-hydrogen) atoms. The minimum absolute atomic E-state index is 0.425. The minimum atomic E-state index is -1.44. The highest BCUT2D eigenvalue weighted by Crippen LogP contribution is 2.21. The van der Waals surface area contributed by atoms with Crippen LogP contribution in [0.15, 0.2) is 0 Å². The van der Waals surface area contributed by atoms with Crippen LogP contribution in [0.5, 0.6) is 0 Å². The van der Waals surface area contributed by atoms with Crippen LogP contribution in [0.3, 0.4) is 0 Å². The lowest BCUT2D eigenvalue weighted by molar-refractivity contribution is -0.282. The molecule has 6 heteroatoms. The Labute approximate surface area is 94.8 Å². The zero-order valence-corrected chi connectivity index (χ0v) is 9.95. The molecule has 0 aromatic carbocycles. The molecular weight excluding hydrogens is 216 g/mol. The van der Waals surface area contributed by atoms with Crippen LogP contribution < -0.4 is 0 Å². The average molecular weight is 236 g/mol. The van der Waals surface area contributed by atoms with E-state index in [4.69, 9.17) is 9.47 Å². The summed E-state index contributed by atoms with van der Waals surface area (Å²) in [5.74, 6) is -0.425. The molecule has 0 amide bonds. The summed E-state index contributed by atoms with van der Waals surface area (Å²) in [4.78, 5) is 11.0. The van der Waals surface area contributed by atoms with Gasteiger partial charge in [-0.1, -0.05) is 13.8 Å². The summed E-state index contributed by atoms with van der Waals surface area (Å²) in [6.07, 6.45) is -6.47. The maximum atomic E-state index is 11.0. The monoisotopic (exact) mass is 236 g/mol. The molecule has 0 saturated carbocycles. The fourth-order valence-electron chi connectivity index (χ4n) is 1.38. The van der Waals surface area contributed by atoms with Crippen molar-refractivity contribution >= 4 is 5.78 Å². The Bertz CT molecular complexity index is 217. The number of aliphatic hydroxyl groups excluding tert-OH is 3. The average Bonchev–Trinajstić information content (AvgIpc) is 2.28. The zero-order valence-electron chi connectivity index (χ0n) is 9.95. The quantitative estimate of drug-likeness (QED) is 0.572. The molecule has 0 bridgehead atoms. The predicted octanol–water partition coefficient (Wildman–Crippen LogP) is -0.944. The van der Waals surface area contributed by atoms with Gasteiger partial charge in [-0.15, -0.1) is 0 Å². The first-order valence-corrected chi connectivity index (χ1v) is 5.22. The second-order valence-corrected chi connectivity index (χ2v) is 3.24. The largest absolute Gasteiger partial charge is 0.387 e. The Morgan fingerprint density at radius 3 is 2.00 bits per heavy atom. The summed E-state index contributed by atoms with van der Waals surface area (Å²) in [5.41, 5.74) is 0. The van der Waals surface area contributed by atoms with Gasteiger partial charge in [0, 0.05) is 7.11 Å². The van der Waals surface area contributed by atoms with E-state index < -0.39 is 36.5 Å². The van der Waals surface area contributed by atoms with E-state index >= 15 is 0 Å². The summed E-state index contributed by atoms with van der Waals surface area (Å²) in [6, 6.07) is 0. The number of aliphatic hydroxyl groups is 3. The number of ether oxygens (including phenoxy) is 2. The van der Waals surface area contributed by atoms with Crippen molar-refractivity contribution in [1.29, 1.82) is 0 Å². The van der Waals surface area contributed by atoms with E-state index in [1.54, 1.807) is 0 Å². The summed E-state index contributed by atoms with van der Waals surface area (Å²) < 4.78 is 9.67. The van der Waals surface area contributed by atoms with E-state index in [0.29, 0.717) is 0 Å². The van der Waals surface area contributed by atoms with Crippen LogP contribution in [-0.4, -0.2) is 58.9 Å². The van der Waals surface area contributed by atoms with Gasteiger partial charge in [-0.05, 0) is 6.92 Å². The van der Waals surface area contributed by atoms with Crippen molar-refractivity contribution in [2.24, 2.45) is 0 Å². The number of methoxy groups -OCH3 is 1. The van der Waals surface area contributed by atoms with Crippen LogP contribution in [0.1, 0.15) is 20.8 Å². The molecule has 5 atom stereocenters. The Kier molecular flexibility index (Phi) is 6.70. The van der Waals surface area contributed by atoms with Crippen molar-refractivity contribution in [3.63, 3.8) is 0 Å². The molecule has 1 rings (SSSR count). The van der Waals surface area contributed by atoms with Crippen LogP contribution in [0, 0.1) is 0 Å². The zero-order chi connectivity index (χ0) is 12.9. The third kappa shape index (κ3) is 3.23. The molecule has 96 valence electrons. The van der Waals surface area contributed by atoms with Gasteiger partial charge in [0.25, 0.3) is 0 Å². The van der Waals surface area contributed by atoms with Crippen molar-refractivity contribution in [3.8, 4) is 0 Å². The smallest absolute Gasteiger partial charge is 0.186 e. The molecule has 1 aliphatic heterocycles. The number of rotatable bonds is 2. The van der Waals surface area contributed by atoms with E-state index in [9.17, 15) is 20.1 Å². The van der Waals surface area contributed by atoms with Crippen molar-refractivity contribution < 1.29 is 29.6 Å². The van der Waals surface area contributed by atoms with Gasteiger partial charge < -0.3 is 24.8 Å². The van der Waals surface area contributed by atoms with E-state index in [0.717, 1.165) is 0 Å². The Morgan fingerprint density at radius 1 is 1.12 bits per heavy atom. The first kappa shape index (κ1) is 15.5. The summed E-state index contributed by atoms with van der Waals surface area (Å²) >= 11 is 0. The molecule has 3 N–H and O–H groups in total. The van der Waals surface area contributed by atoms with Gasteiger partial charge in [0.2, 0.25) is 0 Å². The van der Waals surface area contributed by atoms with Crippen LogP contribution in [0.4, 0.5) is 0 Å². The molecule has 0 spiro atoms. The second-order valence-electron chi connectivity index (χ2n) is 3.24. The molecule has 1 saturated heterocycles. The highest BCUT2D eigenvalue weighted by Gasteiger charge is 2.45. The Hall–Kier alpha value is -0.530. The van der Waals surface area contributed by atoms with E-state index in [1.165, 1.54) is 14.0 Å². The SMILES string of the molecule is CC.COC1OC(C(C)=O)C(O)C(O)C1O. The van der Waals surface area contributed by atoms with Gasteiger partial charge in [0.1, 0.15) is 24.4 Å². The summed E-state index contributed by atoms with van der Waals surface area (Å²) in [6.45, 7) is 5.23. The summed E-state index contributed by atoms with van der Waals surface area (Å²) in [5, 5.41) is 28.1. The normalized spacial score (nSPS) is 38.6. The molecule has 5 unspecified atom stereocenters. The fourth-order valence-corrected chi connectivity index (χ4v) is 1.38. The molecule has 1 heterocycles. The molecule has 0 aromatic rings. The van der Waals surface area contributed by atoms with Crippen LogP contribution in [0.25, 0.3) is 0 Å². The fraction of sp³-hybridized carbons (Fsp3) is 0.900. The highest BCUT2D eigenvalue weighted by molar-refractivity contribution is 5.81. The van der Waals surface area contributed by atoms with Crippen LogP contribution >= 0.6 is 0 Å². The van der Waals surface area contributed by atoms with Crippen molar-refractivity contribution in [3.05, 3.63) is 0 Å². The standard InChI is InChI=1S/C8H14O6.C2H6/c1-3(9)7-5(11)4(10)6(12)8(13-2)14-7;1-2/h4-8,10-12H,1-2H3;1-2H3. The first-order chi connectivity index (χ1) is 7.49. The van der Waals surface area contributed by atoms with E-state index in [1.807, 2.05) is 13.8 Å². The lowest BCUT2D eigenvalue weighted by Crippen LogP contribution is -2.59. The number of Topliss-reactive ketones (excluding diaryl/α,β-unsaturated/α-hetero) is 1. The van der Waals surface area contributed by atoms with Gasteiger partial charge >= 0.3 is 0 Å². The minimum Gasteiger partial charge on any atom is -0.387 e.